The molecule has 0 amide bonds. The molecule has 22 heavy (non-hydrogen) atoms. The van der Waals surface area contributed by atoms with Crippen molar-refractivity contribution in [2.45, 2.75) is 37.3 Å². The lowest BCUT2D eigenvalue weighted by molar-refractivity contribution is -0.0448. The van der Waals surface area contributed by atoms with Crippen LogP contribution in [0.15, 0.2) is 35.4 Å². The third-order valence-electron chi connectivity index (χ3n) is 5.16. The van der Waals surface area contributed by atoms with E-state index in [-0.39, 0.29) is 5.60 Å². The van der Waals surface area contributed by atoms with Crippen molar-refractivity contribution >= 4 is 0 Å². The summed E-state index contributed by atoms with van der Waals surface area (Å²) in [6.07, 6.45) is 11.1. The normalized spacial score (nSPS) is 25.0. The van der Waals surface area contributed by atoms with Crippen LogP contribution in [-0.2, 0) is 18.3 Å². The molecule has 0 N–H and O–H groups in total. The van der Waals surface area contributed by atoms with E-state index in [0.717, 1.165) is 45.5 Å². The number of aromatic nitrogens is 2. The number of furan rings is 1. The molecule has 2 aliphatic rings. The van der Waals surface area contributed by atoms with Crippen LogP contribution in [0.4, 0.5) is 0 Å². The maximum Gasteiger partial charge on any atom is 0.0947 e. The molecule has 0 aliphatic carbocycles. The van der Waals surface area contributed by atoms with Gasteiger partial charge in [0.1, 0.15) is 0 Å². The first-order chi connectivity index (χ1) is 10.7. The van der Waals surface area contributed by atoms with Crippen molar-refractivity contribution in [3.05, 3.63) is 42.1 Å². The molecule has 0 radical (unpaired) electrons. The van der Waals surface area contributed by atoms with Crippen LogP contribution in [0.1, 0.15) is 36.3 Å². The first kappa shape index (κ1) is 14.0. The second-order valence-electron chi connectivity index (χ2n) is 6.75. The molecule has 2 fully saturated rings. The lowest BCUT2D eigenvalue weighted by Gasteiger charge is -2.38. The minimum atomic E-state index is 0.0907. The fraction of sp³-hybridized carbons (Fsp3) is 0.588. The first-order valence-corrected chi connectivity index (χ1v) is 8.08. The monoisotopic (exact) mass is 301 g/mol. The van der Waals surface area contributed by atoms with Gasteiger partial charge >= 0.3 is 0 Å². The highest BCUT2D eigenvalue weighted by molar-refractivity contribution is 5.15. The highest BCUT2D eigenvalue weighted by Crippen LogP contribution is 2.42. The van der Waals surface area contributed by atoms with Crippen LogP contribution in [0.2, 0.25) is 0 Å². The van der Waals surface area contributed by atoms with Gasteiger partial charge in [-0.3, -0.25) is 9.58 Å². The zero-order chi connectivity index (χ0) is 15.0. The van der Waals surface area contributed by atoms with Crippen LogP contribution in [0, 0.1) is 0 Å². The number of piperidine rings is 1. The Hall–Kier alpha value is -1.59. The topological polar surface area (TPSA) is 43.4 Å². The summed E-state index contributed by atoms with van der Waals surface area (Å²) < 4.78 is 13.3. The van der Waals surface area contributed by atoms with E-state index in [1.165, 1.54) is 11.1 Å². The van der Waals surface area contributed by atoms with E-state index in [1.807, 2.05) is 24.2 Å². The van der Waals surface area contributed by atoms with Crippen LogP contribution in [-0.4, -0.2) is 40.0 Å². The molecule has 2 saturated heterocycles. The fourth-order valence-corrected chi connectivity index (χ4v) is 3.82. The average molecular weight is 301 g/mol. The number of hydrogen-bond acceptors (Lipinski definition) is 4. The van der Waals surface area contributed by atoms with Gasteiger partial charge in [0.2, 0.25) is 0 Å². The molecule has 0 aromatic carbocycles. The average Bonchev–Trinajstić information content (AvgIpc) is 3.24. The van der Waals surface area contributed by atoms with Crippen molar-refractivity contribution in [2.24, 2.45) is 7.05 Å². The largest absolute Gasteiger partial charge is 0.472 e. The van der Waals surface area contributed by atoms with E-state index in [2.05, 4.69) is 22.3 Å². The Morgan fingerprint density at radius 2 is 2.23 bits per heavy atom. The summed E-state index contributed by atoms with van der Waals surface area (Å²) in [6, 6.07) is 2.05. The van der Waals surface area contributed by atoms with Crippen molar-refractivity contribution in [2.75, 3.05) is 19.7 Å². The van der Waals surface area contributed by atoms with Crippen molar-refractivity contribution in [1.29, 1.82) is 0 Å². The molecule has 0 saturated carbocycles. The summed E-state index contributed by atoms with van der Waals surface area (Å²) >= 11 is 0. The van der Waals surface area contributed by atoms with E-state index < -0.39 is 0 Å². The molecular formula is C17H23N3O2. The van der Waals surface area contributed by atoms with Crippen molar-refractivity contribution in [3.63, 3.8) is 0 Å². The molecule has 2 aromatic heterocycles. The van der Waals surface area contributed by atoms with Crippen molar-refractivity contribution < 1.29 is 9.15 Å². The molecule has 1 spiro atoms. The number of nitrogens with zero attached hydrogens (tertiary/aromatic N) is 3. The van der Waals surface area contributed by atoms with Gasteiger partial charge < -0.3 is 9.15 Å². The summed E-state index contributed by atoms with van der Waals surface area (Å²) in [7, 11) is 1.98. The van der Waals surface area contributed by atoms with Crippen molar-refractivity contribution in [3.8, 4) is 0 Å². The van der Waals surface area contributed by atoms with Gasteiger partial charge in [-0.05, 0) is 30.9 Å². The van der Waals surface area contributed by atoms with Gasteiger partial charge in [-0.15, -0.1) is 0 Å². The van der Waals surface area contributed by atoms with Crippen LogP contribution in [0.25, 0.3) is 0 Å². The summed E-state index contributed by atoms with van der Waals surface area (Å²) in [5, 5.41) is 4.29. The molecule has 2 aromatic rings. The molecule has 5 nitrogen and oxygen atoms in total. The molecule has 5 heteroatoms. The summed E-state index contributed by atoms with van der Waals surface area (Å²) in [5.41, 5.74) is 2.67. The van der Waals surface area contributed by atoms with E-state index in [9.17, 15) is 0 Å². The molecule has 0 unspecified atom stereocenters. The highest BCUT2D eigenvalue weighted by atomic mass is 16.5. The maximum absolute atomic E-state index is 6.26. The van der Waals surface area contributed by atoms with E-state index in [1.54, 1.807) is 6.26 Å². The third-order valence-corrected chi connectivity index (χ3v) is 5.16. The number of hydrogen-bond donors (Lipinski definition) is 0. The molecule has 1 atom stereocenters. The minimum Gasteiger partial charge on any atom is -0.472 e. The van der Waals surface area contributed by atoms with Gasteiger partial charge in [0.05, 0.1) is 30.9 Å². The Labute approximate surface area is 130 Å². The lowest BCUT2D eigenvalue weighted by Crippen LogP contribution is -2.43. The molecule has 4 heterocycles. The van der Waals surface area contributed by atoms with Crippen LogP contribution < -0.4 is 0 Å². The number of likely N-dealkylation sites (tertiary alicyclic amines) is 1. The maximum atomic E-state index is 6.26. The Bertz CT molecular complexity index is 612. The van der Waals surface area contributed by atoms with E-state index in [0.29, 0.717) is 5.92 Å². The standard InChI is InChI=1S/C17H23N3O2/c1-19-11-16(9-18-19)15-8-17(22-13-15)3-5-20(6-4-17)10-14-2-7-21-12-14/h2,7,9,11-12,15H,3-6,8,10,13H2,1H3/t15-/m1/s1. The molecule has 118 valence electrons. The zero-order valence-electron chi connectivity index (χ0n) is 13.1. The first-order valence-electron chi connectivity index (χ1n) is 8.08. The molecular weight excluding hydrogens is 278 g/mol. The van der Waals surface area contributed by atoms with Crippen LogP contribution in [0.5, 0.6) is 0 Å². The smallest absolute Gasteiger partial charge is 0.0947 e. The number of ether oxygens (including phenoxy) is 1. The molecule has 2 aliphatic heterocycles. The highest BCUT2D eigenvalue weighted by Gasteiger charge is 2.43. The fourth-order valence-electron chi connectivity index (χ4n) is 3.82. The molecule has 4 rings (SSSR count). The second kappa shape index (κ2) is 5.56. The third kappa shape index (κ3) is 2.71. The Morgan fingerprint density at radius 3 is 2.91 bits per heavy atom. The predicted molar refractivity (Wildman–Crippen MR) is 82.5 cm³/mol. The predicted octanol–water partition coefficient (Wildman–Crippen LogP) is 2.55. The van der Waals surface area contributed by atoms with Gasteiger partial charge in [0.15, 0.2) is 0 Å². The van der Waals surface area contributed by atoms with Gasteiger partial charge in [-0.2, -0.15) is 5.10 Å². The Balaban J connectivity index is 1.35. The van der Waals surface area contributed by atoms with Crippen LogP contribution in [0.3, 0.4) is 0 Å². The number of aryl methyl sites for hydroxylation is 1. The zero-order valence-corrected chi connectivity index (χ0v) is 13.1. The van der Waals surface area contributed by atoms with Gasteiger partial charge in [-0.1, -0.05) is 0 Å². The van der Waals surface area contributed by atoms with E-state index in [4.69, 9.17) is 9.15 Å². The summed E-state index contributed by atoms with van der Waals surface area (Å²) in [5.74, 6) is 0.508. The summed E-state index contributed by atoms with van der Waals surface area (Å²) in [6.45, 7) is 4.03. The van der Waals surface area contributed by atoms with Gasteiger partial charge in [0.25, 0.3) is 0 Å². The van der Waals surface area contributed by atoms with Gasteiger partial charge in [0, 0.05) is 44.4 Å². The molecule has 0 bridgehead atoms. The van der Waals surface area contributed by atoms with Crippen LogP contribution >= 0.6 is 0 Å². The van der Waals surface area contributed by atoms with Gasteiger partial charge in [-0.25, -0.2) is 0 Å². The second-order valence-corrected chi connectivity index (χ2v) is 6.75. The Morgan fingerprint density at radius 1 is 1.36 bits per heavy atom. The quantitative estimate of drug-likeness (QED) is 0.874. The minimum absolute atomic E-state index is 0.0907. The van der Waals surface area contributed by atoms with E-state index >= 15 is 0 Å². The summed E-state index contributed by atoms with van der Waals surface area (Å²) in [4.78, 5) is 2.50. The van der Waals surface area contributed by atoms with Crippen molar-refractivity contribution in [1.82, 2.24) is 14.7 Å². The number of rotatable bonds is 3. The Kier molecular flexibility index (Phi) is 3.54. The lowest BCUT2D eigenvalue weighted by atomic mass is 9.84. The SMILES string of the molecule is Cn1cc([C@H]2COC3(CCN(Cc4ccoc4)CC3)C2)cn1.